The zero-order valence-electron chi connectivity index (χ0n) is 12.8. The van der Waals surface area contributed by atoms with Crippen molar-refractivity contribution in [3.63, 3.8) is 0 Å². The summed E-state index contributed by atoms with van der Waals surface area (Å²) in [5, 5.41) is 11.6. The largest absolute Gasteiger partial charge is 0.341 e. The molecular weight excluding hydrogens is 266 g/mol. The zero-order chi connectivity index (χ0) is 14.7. The van der Waals surface area contributed by atoms with Gasteiger partial charge >= 0.3 is 0 Å². The molecule has 0 spiro atoms. The Balaban J connectivity index is 1.48. The standard InChI is InChI=1S/C15H25N5O/c1-19(14-5-3-2-4-6-14)15(21)11-20-10-13(17-18-20)9-16-12-7-8-12/h10,12,14,16H,2-9,11H2,1H3. The first kappa shape index (κ1) is 14.5. The molecule has 6 heteroatoms. The fraction of sp³-hybridized carbons (Fsp3) is 0.800. The maximum atomic E-state index is 12.3. The van der Waals surface area contributed by atoms with Crippen molar-refractivity contribution in [2.24, 2.45) is 0 Å². The molecule has 0 radical (unpaired) electrons. The zero-order valence-corrected chi connectivity index (χ0v) is 12.8. The van der Waals surface area contributed by atoms with Gasteiger partial charge in [0.2, 0.25) is 5.91 Å². The molecule has 2 aliphatic rings. The first-order valence-electron chi connectivity index (χ1n) is 8.10. The number of rotatable bonds is 6. The monoisotopic (exact) mass is 291 g/mol. The molecule has 0 bridgehead atoms. The lowest BCUT2D eigenvalue weighted by Gasteiger charge is -2.31. The second-order valence-electron chi connectivity index (χ2n) is 6.36. The van der Waals surface area contributed by atoms with Crippen LogP contribution in [0.25, 0.3) is 0 Å². The summed E-state index contributed by atoms with van der Waals surface area (Å²) < 4.78 is 1.66. The van der Waals surface area contributed by atoms with Crippen LogP contribution in [-0.4, -0.2) is 44.9 Å². The second-order valence-corrected chi connectivity index (χ2v) is 6.36. The van der Waals surface area contributed by atoms with Crippen molar-refractivity contribution in [1.82, 2.24) is 25.2 Å². The first-order valence-corrected chi connectivity index (χ1v) is 8.10. The molecule has 1 heterocycles. The van der Waals surface area contributed by atoms with E-state index in [1.165, 1.54) is 32.1 Å². The predicted molar refractivity (Wildman–Crippen MR) is 79.5 cm³/mol. The summed E-state index contributed by atoms with van der Waals surface area (Å²) in [6, 6.07) is 1.07. The Morgan fingerprint density at radius 1 is 1.33 bits per heavy atom. The maximum Gasteiger partial charge on any atom is 0.244 e. The molecule has 2 aliphatic carbocycles. The molecule has 116 valence electrons. The normalized spacial score (nSPS) is 19.7. The van der Waals surface area contributed by atoms with E-state index in [1.807, 2.05) is 18.1 Å². The van der Waals surface area contributed by atoms with Gasteiger partial charge in [-0.05, 0) is 25.7 Å². The third kappa shape index (κ3) is 4.03. The number of likely N-dealkylation sites (N-methyl/N-ethyl adjacent to an activating group) is 1. The smallest absolute Gasteiger partial charge is 0.244 e. The Labute approximate surface area is 125 Å². The van der Waals surface area contributed by atoms with Gasteiger partial charge in [0.05, 0.1) is 11.9 Å². The summed E-state index contributed by atoms with van der Waals surface area (Å²) in [6.45, 7) is 1.04. The number of carbonyl (C=O) groups excluding carboxylic acids is 1. The summed E-state index contributed by atoms with van der Waals surface area (Å²) in [6.07, 6.45) is 10.5. The molecule has 1 aromatic rings. The lowest BCUT2D eigenvalue weighted by Crippen LogP contribution is -2.40. The van der Waals surface area contributed by atoms with Crippen molar-refractivity contribution in [2.75, 3.05) is 7.05 Å². The van der Waals surface area contributed by atoms with Gasteiger partial charge in [-0.3, -0.25) is 4.79 Å². The lowest BCUT2D eigenvalue weighted by atomic mass is 9.94. The van der Waals surface area contributed by atoms with Gasteiger partial charge in [-0.15, -0.1) is 5.10 Å². The van der Waals surface area contributed by atoms with Crippen LogP contribution in [-0.2, 0) is 17.9 Å². The van der Waals surface area contributed by atoms with E-state index in [0.717, 1.165) is 25.1 Å². The SMILES string of the molecule is CN(C(=O)Cn1cc(CNC2CC2)nn1)C1CCCCC1. The summed E-state index contributed by atoms with van der Waals surface area (Å²) in [5.41, 5.74) is 0.912. The van der Waals surface area contributed by atoms with Crippen LogP contribution in [0.2, 0.25) is 0 Å². The van der Waals surface area contributed by atoms with Crippen LogP contribution in [0.3, 0.4) is 0 Å². The highest BCUT2D eigenvalue weighted by Crippen LogP contribution is 2.22. The molecule has 1 amide bonds. The summed E-state index contributed by atoms with van der Waals surface area (Å²) in [7, 11) is 1.92. The van der Waals surface area contributed by atoms with E-state index in [4.69, 9.17) is 0 Å². The van der Waals surface area contributed by atoms with Crippen molar-refractivity contribution in [2.45, 2.75) is 70.1 Å². The Morgan fingerprint density at radius 2 is 2.10 bits per heavy atom. The fourth-order valence-corrected chi connectivity index (χ4v) is 2.96. The third-order valence-electron chi connectivity index (χ3n) is 4.55. The molecule has 21 heavy (non-hydrogen) atoms. The van der Waals surface area contributed by atoms with E-state index >= 15 is 0 Å². The average Bonchev–Trinajstić information content (AvgIpc) is 3.25. The van der Waals surface area contributed by atoms with E-state index < -0.39 is 0 Å². The minimum atomic E-state index is 0.133. The average molecular weight is 291 g/mol. The van der Waals surface area contributed by atoms with Crippen LogP contribution in [0.5, 0.6) is 0 Å². The van der Waals surface area contributed by atoms with Gasteiger partial charge in [0.1, 0.15) is 6.54 Å². The lowest BCUT2D eigenvalue weighted by molar-refractivity contribution is -0.133. The van der Waals surface area contributed by atoms with Crippen LogP contribution in [0.1, 0.15) is 50.6 Å². The molecule has 0 aliphatic heterocycles. The topological polar surface area (TPSA) is 63.1 Å². The quantitative estimate of drug-likeness (QED) is 0.858. The van der Waals surface area contributed by atoms with Crippen LogP contribution in [0, 0.1) is 0 Å². The molecule has 0 aromatic carbocycles. The number of nitrogens with zero attached hydrogens (tertiary/aromatic N) is 4. The Hall–Kier alpha value is -1.43. The fourth-order valence-electron chi connectivity index (χ4n) is 2.96. The summed E-state index contributed by atoms with van der Waals surface area (Å²) in [5.74, 6) is 0.133. The molecule has 2 fully saturated rings. The van der Waals surface area contributed by atoms with Gasteiger partial charge < -0.3 is 10.2 Å². The minimum absolute atomic E-state index is 0.133. The number of nitrogens with one attached hydrogen (secondary N) is 1. The summed E-state index contributed by atoms with van der Waals surface area (Å²) >= 11 is 0. The maximum absolute atomic E-state index is 12.3. The van der Waals surface area contributed by atoms with E-state index in [1.54, 1.807) is 4.68 Å². The van der Waals surface area contributed by atoms with E-state index in [2.05, 4.69) is 15.6 Å². The van der Waals surface area contributed by atoms with Crippen molar-refractivity contribution < 1.29 is 4.79 Å². The van der Waals surface area contributed by atoms with E-state index in [-0.39, 0.29) is 5.91 Å². The van der Waals surface area contributed by atoms with Crippen LogP contribution >= 0.6 is 0 Å². The highest BCUT2D eigenvalue weighted by molar-refractivity contribution is 5.75. The molecule has 0 unspecified atom stereocenters. The van der Waals surface area contributed by atoms with Gasteiger partial charge in [-0.25, -0.2) is 4.68 Å². The van der Waals surface area contributed by atoms with E-state index in [9.17, 15) is 4.79 Å². The number of aromatic nitrogens is 3. The van der Waals surface area contributed by atoms with E-state index in [0.29, 0.717) is 18.6 Å². The first-order chi connectivity index (χ1) is 10.2. The van der Waals surface area contributed by atoms with Crippen molar-refractivity contribution in [3.05, 3.63) is 11.9 Å². The van der Waals surface area contributed by atoms with Gasteiger partial charge in [-0.1, -0.05) is 24.5 Å². The van der Waals surface area contributed by atoms with Crippen LogP contribution in [0.15, 0.2) is 6.20 Å². The second kappa shape index (κ2) is 6.56. The van der Waals surface area contributed by atoms with Crippen molar-refractivity contribution in [1.29, 1.82) is 0 Å². The number of amides is 1. The molecule has 3 rings (SSSR count). The molecule has 1 aromatic heterocycles. The number of carbonyl (C=O) groups is 1. The van der Waals surface area contributed by atoms with Crippen molar-refractivity contribution >= 4 is 5.91 Å². The molecule has 1 N–H and O–H groups in total. The number of hydrogen-bond donors (Lipinski definition) is 1. The van der Waals surface area contributed by atoms with Crippen molar-refractivity contribution in [3.8, 4) is 0 Å². The Morgan fingerprint density at radius 3 is 2.81 bits per heavy atom. The predicted octanol–water partition coefficient (Wildman–Crippen LogP) is 1.32. The minimum Gasteiger partial charge on any atom is -0.341 e. The molecule has 0 atom stereocenters. The number of hydrogen-bond acceptors (Lipinski definition) is 4. The van der Waals surface area contributed by atoms with Crippen LogP contribution < -0.4 is 5.32 Å². The highest BCUT2D eigenvalue weighted by atomic mass is 16.2. The molecule has 2 saturated carbocycles. The molecular formula is C15H25N5O. The van der Waals surface area contributed by atoms with Gasteiger partial charge in [-0.2, -0.15) is 0 Å². The van der Waals surface area contributed by atoms with Gasteiger partial charge in [0.25, 0.3) is 0 Å². The third-order valence-corrected chi connectivity index (χ3v) is 4.55. The van der Waals surface area contributed by atoms with Gasteiger partial charge in [0.15, 0.2) is 0 Å². The molecule has 6 nitrogen and oxygen atoms in total. The Bertz CT molecular complexity index is 476. The molecule has 0 saturated heterocycles. The Kier molecular flexibility index (Phi) is 4.53. The highest BCUT2D eigenvalue weighted by Gasteiger charge is 2.23. The van der Waals surface area contributed by atoms with Crippen LogP contribution in [0.4, 0.5) is 0 Å². The summed E-state index contributed by atoms with van der Waals surface area (Å²) in [4.78, 5) is 14.2. The van der Waals surface area contributed by atoms with Gasteiger partial charge in [0, 0.05) is 25.7 Å².